The van der Waals surface area contributed by atoms with Gasteiger partial charge in [0.1, 0.15) is 5.75 Å². The van der Waals surface area contributed by atoms with Gasteiger partial charge >= 0.3 is 0 Å². The highest BCUT2D eigenvalue weighted by Gasteiger charge is 2.43. The van der Waals surface area contributed by atoms with Crippen molar-refractivity contribution < 1.29 is 14.3 Å². The lowest BCUT2D eigenvalue weighted by Gasteiger charge is -2.42. The van der Waals surface area contributed by atoms with Gasteiger partial charge < -0.3 is 14.5 Å². The zero-order valence-corrected chi connectivity index (χ0v) is 16.3. The number of benzene rings is 2. The van der Waals surface area contributed by atoms with E-state index in [0.29, 0.717) is 18.6 Å². The average Bonchev–Trinajstić information content (AvgIpc) is 2.68. The summed E-state index contributed by atoms with van der Waals surface area (Å²) < 4.78 is 5.56. The first-order valence-electron chi connectivity index (χ1n) is 9.17. The van der Waals surface area contributed by atoms with E-state index in [9.17, 15) is 9.59 Å². The molecule has 2 amide bonds. The quantitative estimate of drug-likeness (QED) is 0.831. The van der Waals surface area contributed by atoms with Gasteiger partial charge in [-0.05, 0) is 31.5 Å². The van der Waals surface area contributed by atoms with Crippen LogP contribution in [0.4, 0.5) is 5.69 Å². The number of carbonyl (C=O) groups is 2. The second kappa shape index (κ2) is 7.82. The Bertz CT molecular complexity index is 830. The van der Waals surface area contributed by atoms with Gasteiger partial charge in [-0.25, -0.2) is 0 Å². The van der Waals surface area contributed by atoms with Crippen molar-refractivity contribution in [2.45, 2.75) is 25.8 Å². The van der Waals surface area contributed by atoms with Gasteiger partial charge in [-0.3, -0.25) is 9.59 Å². The number of amides is 2. The van der Waals surface area contributed by atoms with Crippen LogP contribution in [0.1, 0.15) is 30.0 Å². The summed E-state index contributed by atoms with van der Waals surface area (Å²) in [5.74, 6) is 0.411. The number of piperidine rings is 1. The highest BCUT2D eigenvalue weighted by Crippen LogP contribution is 2.43. The Labute approximate surface area is 160 Å². The van der Waals surface area contributed by atoms with Crippen LogP contribution < -0.4 is 9.64 Å². The van der Waals surface area contributed by atoms with Crippen molar-refractivity contribution in [3.63, 3.8) is 0 Å². The highest BCUT2D eigenvalue weighted by molar-refractivity contribution is 5.97. The van der Waals surface area contributed by atoms with Gasteiger partial charge in [0.05, 0.1) is 19.1 Å². The Morgan fingerprint density at radius 2 is 1.78 bits per heavy atom. The first-order chi connectivity index (χ1) is 12.9. The third-order valence-corrected chi connectivity index (χ3v) is 5.12. The largest absolute Gasteiger partial charge is 0.496 e. The molecule has 3 rings (SSSR count). The van der Waals surface area contributed by atoms with E-state index in [1.54, 1.807) is 31.0 Å². The molecular weight excluding hydrogens is 340 g/mol. The summed E-state index contributed by atoms with van der Waals surface area (Å²) >= 11 is 0. The Kier molecular flexibility index (Phi) is 5.49. The molecule has 0 aromatic heterocycles. The van der Waals surface area contributed by atoms with Crippen LogP contribution in [0.25, 0.3) is 0 Å². The number of ether oxygens (including phenoxy) is 1. The van der Waals surface area contributed by atoms with Gasteiger partial charge in [0.2, 0.25) is 11.8 Å². The number of aryl methyl sites for hydroxylation is 1. The third kappa shape index (κ3) is 3.68. The summed E-state index contributed by atoms with van der Waals surface area (Å²) in [5, 5.41) is 0. The van der Waals surface area contributed by atoms with E-state index in [0.717, 1.165) is 16.8 Å². The number of anilines is 1. The number of carbonyl (C=O) groups excluding carboxylic acids is 2. The molecule has 142 valence electrons. The Morgan fingerprint density at radius 1 is 1.11 bits per heavy atom. The molecule has 0 bridgehead atoms. The molecule has 1 aliphatic heterocycles. The molecule has 2 aromatic carbocycles. The standard InChI is InChI=1S/C22H26N2O3/c1-15-9-11-16(12-10-15)24-20(25)14-13-18(22(26)23(2)3)21(24)17-7-5-6-8-19(17)27-4/h5-12,18,21H,13-14H2,1-4H3/t18-,21+/m0/s1. The SMILES string of the molecule is COc1ccccc1[C@@H]1[C@@H](C(=O)N(C)C)CCC(=O)N1c1ccc(C)cc1. The van der Waals surface area contributed by atoms with Gasteiger partial charge in [-0.2, -0.15) is 0 Å². The van der Waals surface area contributed by atoms with Crippen LogP contribution in [0.5, 0.6) is 5.75 Å². The van der Waals surface area contributed by atoms with E-state index in [2.05, 4.69) is 0 Å². The van der Waals surface area contributed by atoms with Gasteiger partial charge in [0.15, 0.2) is 0 Å². The minimum absolute atomic E-state index is 0.0236. The molecular formula is C22H26N2O3. The summed E-state index contributed by atoms with van der Waals surface area (Å²) in [6.07, 6.45) is 0.880. The first-order valence-corrected chi connectivity index (χ1v) is 9.17. The van der Waals surface area contributed by atoms with E-state index in [1.165, 1.54) is 0 Å². The van der Waals surface area contributed by atoms with E-state index >= 15 is 0 Å². The van der Waals surface area contributed by atoms with Crippen molar-refractivity contribution in [2.24, 2.45) is 5.92 Å². The molecule has 2 aromatic rings. The normalized spacial score (nSPS) is 19.7. The van der Waals surface area contributed by atoms with Crippen molar-refractivity contribution in [3.8, 4) is 5.75 Å². The van der Waals surface area contributed by atoms with Crippen LogP contribution in [0.3, 0.4) is 0 Å². The van der Waals surface area contributed by atoms with Crippen molar-refractivity contribution in [2.75, 3.05) is 26.1 Å². The number of nitrogens with zero attached hydrogens (tertiary/aromatic N) is 2. The number of hydrogen-bond donors (Lipinski definition) is 0. The maximum absolute atomic E-state index is 13.0. The fourth-order valence-corrected chi connectivity index (χ4v) is 3.76. The molecule has 5 heteroatoms. The molecule has 0 radical (unpaired) electrons. The monoisotopic (exact) mass is 366 g/mol. The lowest BCUT2D eigenvalue weighted by molar-refractivity contribution is -0.136. The van der Waals surface area contributed by atoms with E-state index in [1.807, 2.05) is 55.5 Å². The number of rotatable bonds is 4. The molecule has 0 aliphatic carbocycles. The lowest BCUT2D eigenvalue weighted by atomic mass is 9.82. The van der Waals surface area contributed by atoms with Crippen LogP contribution in [0, 0.1) is 12.8 Å². The summed E-state index contributed by atoms with van der Waals surface area (Å²) in [7, 11) is 5.13. The van der Waals surface area contributed by atoms with Crippen LogP contribution >= 0.6 is 0 Å². The fourth-order valence-electron chi connectivity index (χ4n) is 3.76. The van der Waals surface area contributed by atoms with Crippen LogP contribution in [0.15, 0.2) is 48.5 Å². The second-order valence-corrected chi connectivity index (χ2v) is 7.16. The maximum Gasteiger partial charge on any atom is 0.227 e. The zero-order valence-electron chi connectivity index (χ0n) is 16.3. The van der Waals surface area contributed by atoms with Gasteiger partial charge in [-0.15, -0.1) is 0 Å². The summed E-state index contributed by atoms with van der Waals surface area (Å²) in [6.45, 7) is 2.01. The second-order valence-electron chi connectivity index (χ2n) is 7.16. The van der Waals surface area contributed by atoms with Crippen molar-refractivity contribution in [3.05, 3.63) is 59.7 Å². The zero-order chi connectivity index (χ0) is 19.6. The first kappa shape index (κ1) is 19.0. The Balaban J connectivity index is 2.16. The third-order valence-electron chi connectivity index (χ3n) is 5.12. The van der Waals surface area contributed by atoms with Gasteiger partial charge in [0, 0.05) is 31.8 Å². The minimum Gasteiger partial charge on any atom is -0.496 e. The van der Waals surface area contributed by atoms with E-state index in [4.69, 9.17) is 4.74 Å². The summed E-state index contributed by atoms with van der Waals surface area (Å²) in [5.41, 5.74) is 2.78. The van der Waals surface area contributed by atoms with E-state index in [-0.39, 0.29) is 17.7 Å². The molecule has 0 N–H and O–H groups in total. The molecule has 1 saturated heterocycles. The van der Waals surface area contributed by atoms with Crippen LogP contribution in [-0.4, -0.2) is 37.9 Å². The number of methoxy groups -OCH3 is 1. The molecule has 1 heterocycles. The predicted molar refractivity (Wildman–Crippen MR) is 106 cm³/mol. The number of hydrogen-bond acceptors (Lipinski definition) is 3. The smallest absolute Gasteiger partial charge is 0.227 e. The Morgan fingerprint density at radius 3 is 2.41 bits per heavy atom. The Hall–Kier alpha value is -2.82. The molecule has 0 unspecified atom stereocenters. The van der Waals surface area contributed by atoms with Gasteiger partial charge in [-0.1, -0.05) is 35.9 Å². The fraction of sp³-hybridized carbons (Fsp3) is 0.364. The topological polar surface area (TPSA) is 49.9 Å². The molecule has 1 fully saturated rings. The molecule has 0 spiro atoms. The van der Waals surface area contributed by atoms with Crippen LogP contribution in [-0.2, 0) is 9.59 Å². The molecule has 27 heavy (non-hydrogen) atoms. The predicted octanol–water partition coefficient (Wildman–Crippen LogP) is 3.58. The molecule has 2 atom stereocenters. The lowest BCUT2D eigenvalue weighted by Crippen LogP contribution is -2.48. The van der Waals surface area contributed by atoms with Crippen LogP contribution in [0.2, 0.25) is 0 Å². The van der Waals surface area contributed by atoms with Crippen molar-refractivity contribution in [1.82, 2.24) is 4.90 Å². The summed E-state index contributed by atoms with van der Waals surface area (Å²) in [6, 6.07) is 15.1. The molecule has 5 nitrogen and oxygen atoms in total. The summed E-state index contributed by atoms with van der Waals surface area (Å²) in [4.78, 5) is 29.3. The molecule has 1 aliphatic rings. The van der Waals surface area contributed by atoms with Crippen molar-refractivity contribution >= 4 is 17.5 Å². The number of para-hydroxylation sites is 1. The molecule has 0 saturated carbocycles. The highest BCUT2D eigenvalue weighted by atomic mass is 16.5. The van der Waals surface area contributed by atoms with Crippen molar-refractivity contribution in [1.29, 1.82) is 0 Å². The maximum atomic E-state index is 13.0. The van der Waals surface area contributed by atoms with Gasteiger partial charge in [0.25, 0.3) is 0 Å². The van der Waals surface area contributed by atoms with E-state index < -0.39 is 6.04 Å². The average molecular weight is 366 g/mol. The minimum atomic E-state index is -0.403.